The first kappa shape index (κ1) is 16.7. The second-order valence-electron chi connectivity index (χ2n) is 6.31. The van der Waals surface area contributed by atoms with E-state index < -0.39 is 9.84 Å². The summed E-state index contributed by atoms with van der Waals surface area (Å²) in [4.78, 5) is 14.1. The Labute approximate surface area is 127 Å². The molecule has 5 nitrogen and oxygen atoms in total. The van der Waals surface area contributed by atoms with Crippen LogP contribution in [0.25, 0.3) is 0 Å². The van der Waals surface area contributed by atoms with Gasteiger partial charge < -0.3 is 9.64 Å². The number of esters is 1. The molecule has 0 spiro atoms. The summed E-state index contributed by atoms with van der Waals surface area (Å²) in [5, 5.41) is 0. The van der Waals surface area contributed by atoms with Crippen LogP contribution in [-0.2, 0) is 19.4 Å². The summed E-state index contributed by atoms with van der Waals surface area (Å²) in [6.45, 7) is 3.77. The maximum absolute atomic E-state index is 12.1. The first-order chi connectivity index (χ1) is 9.95. The Bertz CT molecular complexity index is 440. The van der Waals surface area contributed by atoms with Crippen molar-refractivity contribution < 1.29 is 17.9 Å². The second-order valence-corrected chi connectivity index (χ2v) is 8.62. The van der Waals surface area contributed by atoms with Crippen LogP contribution in [0.5, 0.6) is 0 Å². The van der Waals surface area contributed by atoms with Crippen molar-refractivity contribution in [2.75, 3.05) is 31.1 Å². The van der Waals surface area contributed by atoms with E-state index in [9.17, 15) is 13.2 Å². The van der Waals surface area contributed by atoms with Crippen molar-refractivity contribution in [1.29, 1.82) is 0 Å². The topological polar surface area (TPSA) is 63.7 Å². The van der Waals surface area contributed by atoms with E-state index in [2.05, 4.69) is 6.92 Å². The van der Waals surface area contributed by atoms with Gasteiger partial charge in [-0.15, -0.1) is 0 Å². The predicted octanol–water partition coefficient (Wildman–Crippen LogP) is 1.76. The van der Waals surface area contributed by atoms with E-state index in [-0.39, 0.29) is 23.1 Å². The Balaban J connectivity index is 1.74. The van der Waals surface area contributed by atoms with Crippen molar-refractivity contribution in [2.24, 2.45) is 0 Å². The number of rotatable bonds is 5. The zero-order valence-electron chi connectivity index (χ0n) is 13.0. The third-order valence-electron chi connectivity index (χ3n) is 4.81. The van der Waals surface area contributed by atoms with Gasteiger partial charge in [0.2, 0.25) is 0 Å². The molecule has 0 atom stereocenters. The Hall–Kier alpha value is -0.620. The standard InChI is InChI=1S/C15H27NO4S/c1-2-15(7-4-3-5-8-15)20-14(17)6-9-16-10-12-21(18,19)13-11-16/h2-13H2,1H3. The van der Waals surface area contributed by atoms with Crippen molar-refractivity contribution in [3.05, 3.63) is 0 Å². The molecule has 0 aromatic heterocycles. The molecule has 1 aliphatic carbocycles. The highest BCUT2D eigenvalue weighted by molar-refractivity contribution is 7.91. The molecule has 122 valence electrons. The number of ether oxygens (including phenoxy) is 1. The second kappa shape index (κ2) is 7.09. The molecule has 1 saturated carbocycles. The summed E-state index contributed by atoms with van der Waals surface area (Å²) in [6, 6.07) is 0. The molecule has 1 saturated heterocycles. The lowest BCUT2D eigenvalue weighted by Crippen LogP contribution is -2.42. The fourth-order valence-electron chi connectivity index (χ4n) is 3.24. The van der Waals surface area contributed by atoms with Gasteiger partial charge in [-0.25, -0.2) is 8.42 Å². The molecule has 2 rings (SSSR count). The Kier molecular flexibility index (Phi) is 5.66. The average molecular weight is 317 g/mol. The first-order valence-corrected chi connectivity index (χ1v) is 9.91. The molecule has 0 aromatic rings. The molecule has 1 aliphatic heterocycles. The van der Waals surface area contributed by atoms with Crippen LogP contribution in [0.15, 0.2) is 0 Å². The van der Waals surface area contributed by atoms with Crippen molar-refractivity contribution in [3.8, 4) is 0 Å². The molecule has 1 heterocycles. The van der Waals surface area contributed by atoms with Gasteiger partial charge in [0, 0.05) is 19.6 Å². The molecular weight excluding hydrogens is 290 g/mol. The molecule has 0 radical (unpaired) electrons. The van der Waals surface area contributed by atoms with Crippen LogP contribution in [0.4, 0.5) is 0 Å². The smallest absolute Gasteiger partial charge is 0.307 e. The molecule has 0 N–H and O–H groups in total. The Morgan fingerprint density at radius 3 is 2.33 bits per heavy atom. The number of carbonyl (C=O) groups is 1. The Morgan fingerprint density at radius 1 is 1.14 bits per heavy atom. The number of sulfone groups is 1. The van der Waals surface area contributed by atoms with Gasteiger partial charge in [-0.05, 0) is 32.1 Å². The van der Waals surface area contributed by atoms with Crippen LogP contribution in [0.1, 0.15) is 51.9 Å². The van der Waals surface area contributed by atoms with E-state index in [4.69, 9.17) is 4.74 Å². The lowest BCUT2D eigenvalue weighted by molar-refractivity contribution is -0.164. The van der Waals surface area contributed by atoms with Gasteiger partial charge >= 0.3 is 5.97 Å². The van der Waals surface area contributed by atoms with E-state index in [1.54, 1.807) is 0 Å². The average Bonchev–Trinajstić information content (AvgIpc) is 2.47. The van der Waals surface area contributed by atoms with Crippen LogP contribution in [0, 0.1) is 0 Å². The van der Waals surface area contributed by atoms with Gasteiger partial charge in [0.15, 0.2) is 9.84 Å². The summed E-state index contributed by atoms with van der Waals surface area (Å²) in [5.41, 5.74) is -0.236. The Morgan fingerprint density at radius 2 is 1.76 bits per heavy atom. The summed E-state index contributed by atoms with van der Waals surface area (Å²) in [7, 11) is -2.85. The van der Waals surface area contributed by atoms with E-state index in [1.807, 2.05) is 4.90 Å². The molecule has 2 aliphatic rings. The first-order valence-electron chi connectivity index (χ1n) is 8.09. The minimum Gasteiger partial charge on any atom is -0.459 e. The summed E-state index contributed by atoms with van der Waals surface area (Å²) < 4.78 is 28.5. The van der Waals surface area contributed by atoms with Crippen LogP contribution in [-0.4, -0.2) is 56.0 Å². The lowest BCUT2D eigenvalue weighted by atomic mass is 9.83. The van der Waals surface area contributed by atoms with Crippen molar-refractivity contribution >= 4 is 15.8 Å². The lowest BCUT2D eigenvalue weighted by Gasteiger charge is -2.36. The minimum absolute atomic E-state index is 0.132. The number of hydrogen-bond donors (Lipinski definition) is 0. The van der Waals surface area contributed by atoms with Crippen molar-refractivity contribution in [2.45, 2.75) is 57.5 Å². The molecule has 0 bridgehead atoms. The number of hydrogen-bond acceptors (Lipinski definition) is 5. The van der Waals surface area contributed by atoms with Gasteiger partial charge in [-0.1, -0.05) is 13.3 Å². The molecular formula is C15H27NO4S. The van der Waals surface area contributed by atoms with E-state index in [0.717, 1.165) is 32.1 Å². The van der Waals surface area contributed by atoms with Crippen LogP contribution in [0.2, 0.25) is 0 Å². The van der Waals surface area contributed by atoms with Gasteiger partial charge in [-0.2, -0.15) is 0 Å². The van der Waals surface area contributed by atoms with E-state index >= 15 is 0 Å². The minimum atomic E-state index is -2.85. The van der Waals surface area contributed by atoms with Gasteiger partial charge in [0.1, 0.15) is 5.60 Å². The molecule has 2 fully saturated rings. The summed E-state index contributed by atoms with van der Waals surface area (Å²) in [6.07, 6.45) is 6.74. The summed E-state index contributed by atoms with van der Waals surface area (Å²) >= 11 is 0. The normalized spacial score (nSPS) is 25.4. The quantitative estimate of drug-likeness (QED) is 0.723. The molecule has 21 heavy (non-hydrogen) atoms. The SMILES string of the molecule is CCC1(OC(=O)CCN2CCS(=O)(=O)CC2)CCCCC1. The van der Waals surface area contributed by atoms with E-state index in [1.165, 1.54) is 6.42 Å². The van der Waals surface area contributed by atoms with E-state index in [0.29, 0.717) is 26.1 Å². The van der Waals surface area contributed by atoms with Crippen LogP contribution in [0.3, 0.4) is 0 Å². The maximum Gasteiger partial charge on any atom is 0.307 e. The molecule has 6 heteroatoms. The third kappa shape index (κ3) is 4.95. The zero-order valence-corrected chi connectivity index (χ0v) is 13.8. The molecule has 0 unspecified atom stereocenters. The van der Waals surface area contributed by atoms with Gasteiger partial charge in [0.05, 0.1) is 17.9 Å². The zero-order chi connectivity index (χ0) is 15.3. The molecule has 0 amide bonds. The number of carbonyl (C=O) groups excluding carboxylic acids is 1. The van der Waals surface area contributed by atoms with Crippen molar-refractivity contribution in [1.82, 2.24) is 4.90 Å². The highest BCUT2D eigenvalue weighted by Gasteiger charge is 2.34. The van der Waals surface area contributed by atoms with Gasteiger partial charge in [-0.3, -0.25) is 4.79 Å². The third-order valence-corrected chi connectivity index (χ3v) is 6.42. The maximum atomic E-state index is 12.1. The fraction of sp³-hybridized carbons (Fsp3) is 0.933. The highest BCUT2D eigenvalue weighted by atomic mass is 32.2. The monoisotopic (exact) mass is 317 g/mol. The largest absolute Gasteiger partial charge is 0.459 e. The van der Waals surface area contributed by atoms with Crippen LogP contribution >= 0.6 is 0 Å². The number of nitrogens with zero attached hydrogens (tertiary/aromatic N) is 1. The summed E-state index contributed by atoms with van der Waals surface area (Å²) in [5.74, 6) is 0.286. The highest BCUT2D eigenvalue weighted by Crippen LogP contribution is 2.34. The van der Waals surface area contributed by atoms with Crippen molar-refractivity contribution in [3.63, 3.8) is 0 Å². The molecule has 0 aromatic carbocycles. The van der Waals surface area contributed by atoms with Gasteiger partial charge in [0.25, 0.3) is 0 Å². The predicted molar refractivity (Wildman–Crippen MR) is 81.9 cm³/mol. The van der Waals surface area contributed by atoms with Crippen LogP contribution < -0.4 is 0 Å². The fourth-order valence-corrected chi connectivity index (χ4v) is 4.52.